The fraction of sp³-hybridized carbons (Fsp3) is 0.481. The van der Waals surface area contributed by atoms with E-state index in [1.165, 1.54) is 13.0 Å². The Labute approximate surface area is 218 Å². The van der Waals surface area contributed by atoms with Crippen LogP contribution in [0.4, 0.5) is 28.9 Å². The highest BCUT2D eigenvalue weighted by Gasteiger charge is 2.48. The summed E-state index contributed by atoms with van der Waals surface area (Å²) >= 11 is 0. The first-order valence-corrected chi connectivity index (χ1v) is 12.6. The van der Waals surface area contributed by atoms with E-state index in [4.69, 9.17) is 9.47 Å². The lowest BCUT2D eigenvalue weighted by Gasteiger charge is -2.38. The third-order valence-corrected chi connectivity index (χ3v) is 7.00. The molecule has 206 valence electrons. The smallest absolute Gasteiger partial charge is 0.431 e. The highest BCUT2D eigenvalue weighted by molar-refractivity contribution is 5.95. The summed E-state index contributed by atoms with van der Waals surface area (Å²) in [6.45, 7) is 6.87. The Hall–Kier alpha value is -3.50. The SMILES string of the molecule is CCOc1ccc(F)c(N2CCC(Oc3ccc(N4N=C(C(F)(F)F)C(C)C4CC(=O)O)cc3)C(C)C2)c1. The number of alkyl halides is 3. The van der Waals surface area contributed by atoms with E-state index in [1.807, 2.05) is 18.7 Å². The number of halogens is 4. The van der Waals surface area contributed by atoms with Gasteiger partial charge < -0.3 is 19.5 Å². The van der Waals surface area contributed by atoms with Crippen molar-refractivity contribution in [1.82, 2.24) is 0 Å². The molecule has 0 saturated carbocycles. The van der Waals surface area contributed by atoms with E-state index >= 15 is 0 Å². The summed E-state index contributed by atoms with van der Waals surface area (Å²) in [7, 11) is 0. The maximum atomic E-state index is 14.5. The Balaban J connectivity index is 1.43. The summed E-state index contributed by atoms with van der Waals surface area (Å²) in [6.07, 6.45) is -4.62. The van der Waals surface area contributed by atoms with Crippen molar-refractivity contribution in [3.8, 4) is 11.5 Å². The molecule has 2 aliphatic heterocycles. The van der Waals surface area contributed by atoms with Crippen LogP contribution in [0.5, 0.6) is 11.5 Å². The van der Waals surface area contributed by atoms with Gasteiger partial charge in [-0.1, -0.05) is 13.8 Å². The van der Waals surface area contributed by atoms with Crippen LogP contribution in [-0.4, -0.2) is 54.8 Å². The number of aliphatic carboxylic acids is 1. The van der Waals surface area contributed by atoms with Gasteiger partial charge in [0.15, 0.2) is 0 Å². The van der Waals surface area contributed by atoms with Crippen molar-refractivity contribution in [2.75, 3.05) is 29.6 Å². The van der Waals surface area contributed by atoms with Crippen LogP contribution in [0.2, 0.25) is 0 Å². The van der Waals surface area contributed by atoms with Crippen LogP contribution in [0.25, 0.3) is 0 Å². The van der Waals surface area contributed by atoms with E-state index in [2.05, 4.69) is 5.10 Å². The minimum Gasteiger partial charge on any atom is -0.494 e. The molecule has 11 heteroatoms. The fourth-order valence-corrected chi connectivity index (χ4v) is 5.04. The molecule has 0 spiro atoms. The molecule has 2 aromatic carbocycles. The molecule has 2 aliphatic rings. The average molecular weight is 538 g/mol. The Bertz CT molecular complexity index is 1170. The lowest BCUT2D eigenvalue weighted by atomic mass is 9.94. The second-order valence-corrected chi connectivity index (χ2v) is 9.69. The van der Waals surface area contributed by atoms with E-state index in [0.717, 1.165) is 5.01 Å². The molecule has 4 rings (SSSR count). The van der Waals surface area contributed by atoms with Crippen molar-refractivity contribution in [3.63, 3.8) is 0 Å². The number of hydrogen-bond acceptors (Lipinski definition) is 6. The monoisotopic (exact) mass is 537 g/mol. The fourth-order valence-electron chi connectivity index (χ4n) is 5.04. The maximum Gasteiger partial charge on any atom is 0.431 e. The van der Waals surface area contributed by atoms with Crippen LogP contribution < -0.4 is 19.4 Å². The number of rotatable bonds is 8. The standard InChI is InChI=1S/C27H31F4N3O4/c1-4-37-20-9-10-21(28)23(13-20)33-12-11-24(16(2)15-33)38-19-7-5-18(6-8-19)34-22(14-25(35)36)17(3)26(32-34)27(29,30)31/h5-10,13,16-17,22,24H,4,11-12,14-15H2,1-3H3,(H,35,36). The van der Waals surface area contributed by atoms with E-state index in [9.17, 15) is 27.5 Å². The second kappa shape index (κ2) is 11.1. The molecule has 4 atom stereocenters. The van der Waals surface area contributed by atoms with Gasteiger partial charge in [0.2, 0.25) is 0 Å². The molecule has 0 radical (unpaired) electrons. The van der Waals surface area contributed by atoms with Gasteiger partial charge in [-0.2, -0.15) is 18.3 Å². The topological polar surface area (TPSA) is 74.6 Å². The summed E-state index contributed by atoms with van der Waals surface area (Å²) in [4.78, 5) is 13.3. The van der Waals surface area contributed by atoms with Gasteiger partial charge in [-0.25, -0.2) is 4.39 Å². The van der Waals surface area contributed by atoms with Crippen molar-refractivity contribution in [3.05, 3.63) is 48.3 Å². The van der Waals surface area contributed by atoms with Gasteiger partial charge in [0.25, 0.3) is 0 Å². The van der Waals surface area contributed by atoms with Crippen molar-refractivity contribution >= 4 is 23.1 Å². The molecule has 38 heavy (non-hydrogen) atoms. The molecule has 0 bridgehead atoms. The van der Waals surface area contributed by atoms with Crippen LogP contribution in [0.15, 0.2) is 47.6 Å². The molecule has 0 aliphatic carbocycles. The van der Waals surface area contributed by atoms with Gasteiger partial charge in [-0.05, 0) is 43.3 Å². The first-order chi connectivity index (χ1) is 18.0. The van der Waals surface area contributed by atoms with Crippen LogP contribution in [-0.2, 0) is 4.79 Å². The molecular weight excluding hydrogens is 506 g/mol. The normalized spacial score (nSPS) is 23.8. The number of benzene rings is 2. The van der Waals surface area contributed by atoms with Crippen molar-refractivity contribution < 1.29 is 36.9 Å². The number of hydrogen-bond donors (Lipinski definition) is 1. The van der Waals surface area contributed by atoms with E-state index in [1.54, 1.807) is 36.4 Å². The Morgan fingerprint density at radius 3 is 2.42 bits per heavy atom. The van der Waals surface area contributed by atoms with Crippen LogP contribution in [0, 0.1) is 17.7 Å². The van der Waals surface area contributed by atoms with Gasteiger partial charge in [0.1, 0.15) is 29.1 Å². The zero-order valence-corrected chi connectivity index (χ0v) is 21.4. The molecule has 4 unspecified atom stereocenters. The number of hydrazone groups is 1. The maximum absolute atomic E-state index is 14.5. The molecule has 1 N–H and O–H groups in total. The minimum atomic E-state index is -4.65. The highest BCUT2D eigenvalue weighted by atomic mass is 19.4. The van der Waals surface area contributed by atoms with E-state index < -0.39 is 36.2 Å². The molecule has 1 fully saturated rings. The first-order valence-electron chi connectivity index (χ1n) is 12.6. The minimum absolute atomic E-state index is 0.0666. The number of anilines is 2. The molecule has 1 saturated heterocycles. The number of carboxylic acids is 1. The van der Waals surface area contributed by atoms with Crippen molar-refractivity contribution in [2.24, 2.45) is 16.9 Å². The zero-order valence-electron chi connectivity index (χ0n) is 21.4. The third kappa shape index (κ3) is 5.97. The zero-order chi connectivity index (χ0) is 27.6. The van der Waals surface area contributed by atoms with Gasteiger partial charge in [-0.15, -0.1) is 0 Å². The molecule has 0 aromatic heterocycles. The first kappa shape index (κ1) is 27.5. The Morgan fingerprint density at radius 2 is 1.82 bits per heavy atom. The predicted octanol–water partition coefficient (Wildman–Crippen LogP) is 5.74. The van der Waals surface area contributed by atoms with Gasteiger partial charge in [0.05, 0.1) is 30.4 Å². The van der Waals surface area contributed by atoms with Crippen LogP contribution >= 0.6 is 0 Å². The van der Waals surface area contributed by atoms with Gasteiger partial charge >= 0.3 is 12.1 Å². The lowest BCUT2D eigenvalue weighted by molar-refractivity contribution is -0.137. The summed E-state index contributed by atoms with van der Waals surface area (Å²) in [5.41, 5.74) is -0.157. The summed E-state index contributed by atoms with van der Waals surface area (Å²) in [6, 6.07) is 10.2. The third-order valence-electron chi connectivity index (χ3n) is 7.00. The van der Waals surface area contributed by atoms with Crippen LogP contribution in [0.3, 0.4) is 0 Å². The number of ether oxygens (including phenoxy) is 2. The van der Waals surface area contributed by atoms with E-state index in [-0.39, 0.29) is 17.8 Å². The summed E-state index contributed by atoms with van der Waals surface area (Å²) in [5.74, 6) is -1.39. The summed E-state index contributed by atoms with van der Waals surface area (Å²) < 4.78 is 66.5. The Kier molecular flexibility index (Phi) is 8.03. The highest BCUT2D eigenvalue weighted by Crippen LogP contribution is 2.37. The number of nitrogens with zero attached hydrogens (tertiary/aromatic N) is 3. The van der Waals surface area contributed by atoms with Crippen molar-refractivity contribution in [1.29, 1.82) is 0 Å². The molecule has 7 nitrogen and oxygen atoms in total. The van der Waals surface area contributed by atoms with Crippen molar-refractivity contribution in [2.45, 2.75) is 51.9 Å². The van der Waals surface area contributed by atoms with Crippen LogP contribution in [0.1, 0.15) is 33.6 Å². The number of carbonyl (C=O) groups is 1. The quantitative estimate of drug-likeness (QED) is 0.433. The summed E-state index contributed by atoms with van der Waals surface area (Å²) in [5, 5.41) is 14.1. The lowest BCUT2D eigenvalue weighted by Crippen LogP contribution is -2.44. The van der Waals surface area contributed by atoms with Gasteiger partial charge in [-0.3, -0.25) is 9.80 Å². The van der Waals surface area contributed by atoms with E-state index in [0.29, 0.717) is 49.0 Å². The molecule has 2 heterocycles. The number of carboxylic acid groups (broad SMARTS) is 1. The second-order valence-electron chi connectivity index (χ2n) is 9.69. The Morgan fingerprint density at radius 1 is 1.13 bits per heavy atom. The predicted molar refractivity (Wildman–Crippen MR) is 136 cm³/mol. The average Bonchev–Trinajstić information content (AvgIpc) is 3.18. The molecular formula is C27H31F4N3O4. The molecule has 0 amide bonds. The number of piperidine rings is 1. The van der Waals surface area contributed by atoms with Gasteiger partial charge in [0, 0.05) is 37.4 Å². The largest absolute Gasteiger partial charge is 0.494 e. The molecule has 2 aromatic rings.